The summed E-state index contributed by atoms with van der Waals surface area (Å²) in [7, 11) is 0. The molecular formula is C22H30N2O4S. The number of rotatable bonds is 6. The molecule has 3 aliphatic carbocycles. The van der Waals surface area contributed by atoms with E-state index in [9.17, 15) is 19.5 Å². The number of nitrogens with one attached hydrogen (secondary N) is 2. The summed E-state index contributed by atoms with van der Waals surface area (Å²) in [6.07, 6.45) is 8.90. The second-order valence-corrected chi connectivity index (χ2v) is 9.90. The van der Waals surface area contributed by atoms with Crippen LogP contribution in [0.5, 0.6) is 0 Å². The second-order valence-electron chi connectivity index (χ2n) is 8.80. The highest BCUT2D eigenvalue weighted by molar-refractivity contribution is 7.17. The van der Waals surface area contributed by atoms with Crippen LogP contribution in [0.1, 0.15) is 79.1 Å². The van der Waals surface area contributed by atoms with Crippen molar-refractivity contribution in [1.29, 1.82) is 0 Å². The average Bonchev–Trinajstić information content (AvgIpc) is 3.45. The van der Waals surface area contributed by atoms with Crippen molar-refractivity contribution in [2.75, 3.05) is 5.32 Å². The van der Waals surface area contributed by atoms with E-state index in [2.05, 4.69) is 17.6 Å². The largest absolute Gasteiger partial charge is 0.481 e. The molecule has 6 nitrogen and oxygen atoms in total. The van der Waals surface area contributed by atoms with Crippen LogP contribution in [0.3, 0.4) is 0 Å². The quantitative estimate of drug-likeness (QED) is 0.651. The van der Waals surface area contributed by atoms with Gasteiger partial charge in [-0.25, -0.2) is 0 Å². The maximum Gasteiger partial charge on any atom is 0.307 e. The first kappa shape index (κ1) is 20.4. The standard InChI is InChI=1S/C22H30N2O4S/c1-2-12-7-10-16-17(11-12)29-21(18(16)20(26)23-13-8-9-13)24-19(25)14-5-3-4-6-15(14)22(27)28/h12-15H,2-11H2,1H3,(H,23,26)(H,24,25)(H,27,28)/t12-,14-,15-/m0/s1. The van der Waals surface area contributed by atoms with Crippen LogP contribution in [0.15, 0.2) is 0 Å². The van der Waals surface area contributed by atoms with Gasteiger partial charge in [0.05, 0.1) is 17.4 Å². The zero-order valence-electron chi connectivity index (χ0n) is 17.0. The summed E-state index contributed by atoms with van der Waals surface area (Å²) < 4.78 is 0. The van der Waals surface area contributed by atoms with Crippen molar-refractivity contribution in [3.8, 4) is 0 Å². The Morgan fingerprint density at radius 3 is 2.45 bits per heavy atom. The molecule has 2 amide bonds. The van der Waals surface area contributed by atoms with Crippen LogP contribution in [0.25, 0.3) is 0 Å². The molecule has 0 saturated heterocycles. The van der Waals surface area contributed by atoms with Crippen molar-refractivity contribution < 1.29 is 19.5 Å². The number of carbonyl (C=O) groups excluding carboxylic acids is 2. The van der Waals surface area contributed by atoms with Crippen LogP contribution >= 0.6 is 11.3 Å². The number of carboxylic acids is 1. The normalized spacial score (nSPS) is 26.4. The smallest absolute Gasteiger partial charge is 0.307 e. The molecule has 0 radical (unpaired) electrons. The van der Waals surface area contributed by atoms with Gasteiger partial charge in [0, 0.05) is 10.9 Å². The number of hydrogen-bond acceptors (Lipinski definition) is 4. The van der Waals surface area contributed by atoms with E-state index in [0.717, 1.165) is 56.9 Å². The number of thiophene rings is 1. The summed E-state index contributed by atoms with van der Waals surface area (Å²) in [5.74, 6) is -1.77. The summed E-state index contributed by atoms with van der Waals surface area (Å²) in [6.45, 7) is 2.20. The molecule has 0 bridgehead atoms. The molecule has 0 unspecified atom stereocenters. The molecule has 2 saturated carbocycles. The van der Waals surface area contributed by atoms with E-state index >= 15 is 0 Å². The summed E-state index contributed by atoms with van der Waals surface area (Å²) in [4.78, 5) is 38.8. The topological polar surface area (TPSA) is 95.5 Å². The number of carboxylic acid groups (broad SMARTS) is 1. The third kappa shape index (κ3) is 4.34. The van der Waals surface area contributed by atoms with Gasteiger partial charge in [-0.15, -0.1) is 11.3 Å². The molecular weight excluding hydrogens is 388 g/mol. The lowest BCUT2D eigenvalue weighted by molar-refractivity contribution is -0.147. The van der Waals surface area contributed by atoms with Gasteiger partial charge in [-0.1, -0.05) is 26.2 Å². The van der Waals surface area contributed by atoms with E-state index in [1.54, 1.807) is 0 Å². The highest BCUT2D eigenvalue weighted by atomic mass is 32.1. The van der Waals surface area contributed by atoms with Crippen molar-refractivity contribution in [3.63, 3.8) is 0 Å². The molecule has 3 N–H and O–H groups in total. The highest BCUT2D eigenvalue weighted by Crippen LogP contribution is 2.41. The zero-order chi connectivity index (χ0) is 20.5. The molecule has 2 fully saturated rings. The number of hydrogen-bond donors (Lipinski definition) is 3. The molecule has 3 atom stereocenters. The van der Waals surface area contributed by atoms with Crippen LogP contribution in [-0.4, -0.2) is 28.9 Å². The van der Waals surface area contributed by atoms with E-state index in [-0.39, 0.29) is 17.9 Å². The first-order valence-corrected chi connectivity index (χ1v) is 11.8. The molecule has 3 aliphatic rings. The molecule has 7 heteroatoms. The van der Waals surface area contributed by atoms with Crippen molar-refractivity contribution in [3.05, 3.63) is 16.0 Å². The Bertz CT molecular complexity index is 814. The van der Waals surface area contributed by atoms with Gasteiger partial charge in [-0.3, -0.25) is 14.4 Å². The number of fused-ring (bicyclic) bond motifs is 1. The minimum Gasteiger partial charge on any atom is -0.481 e. The van der Waals surface area contributed by atoms with Crippen LogP contribution in [0.2, 0.25) is 0 Å². The summed E-state index contributed by atoms with van der Waals surface area (Å²) >= 11 is 1.52. The summed E-state index contributed by atoms with van der Waals surface area (Å²) in [5, 5.41) is 16.2. The van der Waals surface area contributed by atoms with Crippen molar-refractivity contribution in [2.24, 2.45) is 17.8 Å². The van der Waals surface area contributed by atoms with Crippen molar-refractivity contribution >= 4 is 34.1 Å². The van der Waals surface area contributed by atoms with Gasteiger partial charge in [0.1, 0.15) is 5.00 Å². The Morgan fingerprint density at radius 1 is 1.07 bits per heavy atom. The van der Waals surface area contributed by atoms with E-state index in [0.29, 0.717) is 29.3 Å². The second kappa shape index (κ2) is 8.46. The number of carbonyl (C=O) groups is 3. The van der Waals surface area contributed by atoms with Crippen molar-refractivity contribution in [1.82, 2.24) is 5.32 Å². The molecule has 158 valence electrons. The Labute approximate surface area is 175 Å². The first-order chi connectivity index (χ1) is 14.0. The van der Waals surface area contributed by atoms with Gasteiger partial charge in [0.15, 0.2) is 0 Å². The average molecular weight is 419 g/mol. The lowest BCUT2D eigenvalue weighted by Crippen LogP contribution is -2.36. The van der Waals surface area contributed by atoms with Crippen LogP contribution in [0.4, 0.5) is 5.00 Å². The predicted molar refractivity (Wildman–Crippen MR) is 112 cm³/mol. The molecule has 1 aromatic rings. The molecule has 1 heterocycles. The van der Waals surface area contributed by atoms with Crippen LogP contribution in [-0.2, 0) is 22.4 Å². The van der Waals surface area contributed by atoms with Gasteiger partial charge < -0.3 is 15.7 Å². The minimum atomic E-state index is -0.896. The fourth-order valence-corrected chi connectivity index (χ4v) is 6.12. The molecule has 4 rings (SSSR count). The molecule has 1 aromatic heterocycles. The van der Waals surface area contributed by atoms with E-state index in [1.807, 2.05) is 0 Å². The SMILES string of the molecule is CC[C@H]1CCc2c(sc(NC(=O)[C@H]3CCCC[C@@H]3C(=O)O)c2C(=O)NC2CC2)C1. The first-order valence-electron chi connectivity index (χ1n) is 11.0. The van der Waals surface area contributed by atoms with E-state index in [1.165, 1.54) is 16.2 Å². The molecule has 0 spiro atoms. The third-order valence-corrected chi connectivity index (χ3v) is 7.91. The molecule has 0 aromatic carbocycles. The van der Waals surface area contributed by atoms with Gasteiger partial charge in [0.25, 0.3) is 5.91 Å². The Balaban J connectivity index is 1.60. The number of anilines is 1. The Kier molecular flexibility index (Phi) is 5.95. The van der Waals surface area contributed by atoms with Crippen molar-refractivity contribution in [2.45, 2.75) is 77.2 Å². The predicted octanol–water partition coefficient (Wildman–Crippen LogP) is 3.98. The Morgan fingerprint density at radius 2 is 1.79 bits per heavy atom. The zero-order valence-corrected chi connectivity index (χ0v) is 17.8. The van der Waals surface area contributed by atoms with Crippen LogP contribution in [0, 0.1) is 17.8 Å². The number of amides is 2. The molecule has 29 heavy (non-hydrogen) atoms. The number of aliphatic carboxylic acids is 1. The fourth-order valence-electron chi connectivity index (χ4n) is 4.76. The third-order valence-electron chi connectivity index (χ3n) is 6.74. The Hall–Kier alpha value is -1.89. The maximum absolute atomic E-state index is 13.0. The van der Waals surface area contributed by atoms with Gasteiger partial charge in [0.2, 0.25) is 5.91 Å². The van der Waals surface area contributed by atoms with Gasteiger partial charge in [-0.05, 0) is 56.4 Å². The summed E-state index contributed by atoms with van der Waals surface area (Å²) in [5.41, 5.74) is 1.72. The fraction of sp³-hybridized carbons (Fsp3) is 0.682. The van der Waals surface area contributed by atoms with E-state index in [4.69, 9.17) is 0 Å². The van der Waals surface area contributed by atoms with Gasteiger partial charge >= 0.3 is 5.97 Å². The van der Waals surface area contributed by atoms with Gasteiger partial charge in [-0.2, -0.15) is 0 Å². The lowest BCUT2D eigenvalue weighted by atomic mass is 9.78. The van der Waals surface area contributed by atoms with E-state index < -0.39 is 17.8 Å². The maximum atomic E-state index is 13.0. The minimum absolute atomic E-state index is 0.0892. The highest BCUT2D eigenvalue weighted by Gasteiger charge is 2.37. The summed E-state index contributed by atoms with van der Waals surface area (Å²) in [6, 6.07) is 0.253. The lowest BCUT2D eigenvalue weighted by Gasteiger charge is -2.27. The molecule has 0 aliphatic heterocycles. The van der Waals surface area contributed by atoms with Crippen LogP contribution < -0.4 is 10.6 Å². The monoisotopic (exact) mass is 418 g/mol.